The molecule has 1 saturated heterocycles. The molecule has 1 aliphatic heterocycles. The van der Waals surface area contributed by atoms with Gasteiger partial charge in [0.2, 0.25) is 5.91 Å². The molecule has 0 aromatic carbocycles. The van der Waals surface area contributed by atoms with Gasteiger partial charge in [0.05, 0.1) is 11.5 Å². The molecule has 1 aliphatic rings. The van der Waals surface area contributed by atoms with Crippen molar-refractivity contribution in [3.63, 3.8) is 0 Å². The predicted molar refractivity (Wildman–Crippen MR) is 132 cm³/mol. The van der Waals surface area contributed by atoms with Crippen LogP contribution < -0.4 is 15.5 Å². The largest absolute Gasteiger partial charge is 0.360 e. The van der Waals surface area contributed by atoms with E-state index < -0.39 is 0 Å². The molecular formula is C20H29IN6OS. The normalized spacial score (nSPS) is 14.3. The number of carbonyl (C=O) groups is 1. The summed E-state index contributed by atoms with van der Waals surface area (Å²) in [7, 11) is 0. The third kappa shape index (κ3) is 7.14. The Balaban J connectivity index is 0.00000300. The number of aliphatic imine (C=N–C) groups is 1. The fraction of sp³-hybridized carbons (Fsp3) is 0.450. The van der Waals surface area contributed by atoms with Crippen LogP contribution in [0, 0.1) is 6.92 Å². The summed E-state index contributed by atoms with van der Waals surface area (Å²) in [6.07, 6.45) is 2.08. The fourth-order valence-electron chi connectivity index (χ4n) is 3.02. The van der Waals surface area contributed by atoms with Crippen LogP contribution in [0.5, 0.6) is 0 Å². The highest BCUT2D eigenvalue weighted by atomic mass is 127. The molecule has 3 rings (SSSR count). The molecule has 3 heterocycles. The Bertz CT molecular complexity index is 773. The van der Waals surface area contributed by atoms with Crippen molar-refractivity contribution >= 4 is 58.0 Å². The van der Waals surface area contributed by atoms with Crippen LogP contribution >= 0.6 is 35.3 Å². The first-order chi connectivity index (χ1) is 13.7. The van der Waals surface area contributed by atoms with Crippen LogP contribution in [0.3, 0.4) is 0 Å². The summed E-state index contributed by atoms with van der Waals surface area (Å²) in [5, 5.41) is 9.60. The molecule has 2 aromatic rings. The number of halogens is 1. The van der Waals surface area contributed by atoms with Crippen molar-refractivity contribution in [2.75, 3.05) is 49.5 Å². The molecule has 2 aromatic heterocycles. The van der Waals surface area contributed by atoms with E-state index in [0.717, 1.165) is 44.2 Å². The van der Waals surface area contributed by atoms with Crippen molar-refractivity contribution < 1.29 is 4.79 Å². The van der Waals surface area contributed by atoms with Gasteiger partial charge in [-0.3, -0.25) is 9.79 Å². The van der Waals surface area contributed by atoms with Crippen LogP contribution in [0.2, 0.25) is 0 Å². The minimum Gasteiger partial charge on any atom is -0.360 e. The minimum atomic E-state index is -0.0709. The third-order valence-electron chi connectivity index (χ3n) is 4.51. The molecule has 0 radical (unpaired) electrons. The van der Waals surface area contributed by atoms with Gasteiger partial charge in [-0.15, -0.1) is 35.3 Å². The highest BCUT2D eigenvalue weighted by Gasteiger charge is 2.20. The molecule has 1 amide bonds. The van der Waals surface area contributed by atoms with E-state index >= 15 is 0 Å². The first kappa shape index (κ1) is 23.4. The maximum absolute atomic E-state index is 12.1. The lowest BCUT2D eigenvalue weighted by molar-refractivity contribution is -0.116. The number of piperazine rings is 1. The van der Waals surface area contributed by atoms with Crippen LogP contribution in [0.4, 0.5) is 10.8 Å². The molecule has 9 heteroatoms. The molecule has 2 N–H and O–H groups in total. The van der Waals surface area contributed by atoms with Crippen LogP contribution in [-0.4, -0.2) is 61.0 Å². The standard InChI is InChI=1S/C20H28N6OS.HI/c1-3-21-20(26-12-10-25(11-13-26)19-5-4-14-28-19)22-9-8-18(27)24-17-7-6-16(2)15-23-17;/h4-7,14-15H,3,8-13H2,1-2H3,(H,21,22)(H,23,24,27);1H. The average molecular weight is 528 g/mol. The van der Waals surface area contributed by atoms with Gasteiger partial charge in [0.1, 0.15) is 5.82 Å². The Morgan fingerprint density at radius 1 is 1.24 bits per heavy atom. The maximum atomic E-state index is 12.1. The Morgan fingerprint density at radius 3 is 2.66 bits per heavy atom. The van der Waals surface area contributed by atoms with Gasteiger partial charge in [0.15, 0.2) is 5.96 Å². The molecule has 7 nitrogen and oxygen atoms in total. The van der Waals surface area contributed by atoms with E-state index in [1.807, 2.05) is 19.1 Å². The van der Waals surface area contributed by atoms with Crippen molar-refractivity contribution in [2.24, 2.45) is 4.99 Å². The molecule has 0 atom stereocenters. The Hall–Kier alpha value is -1.88. The zero-order chi connectivity index (χ0) is 19.8. The van der Waals surface area contributed by atoms with Crippen molar-refractivity contribution in [1.82, 2.24) is 15.2 Å². The number of guanidine groups is 1. The molecular weight excluding hydrogens is 499 g/mol. The number of rotatable bonds is 6. The van der Waals surface area contributed by atoms with Gasteiger partial charge >= 0.3 is 0 Å². The zero-order valence-electron chi connectivity index (χ0n) is 16.9. The lowest BCUT2D eigenvalue weighted by Gasteiger charge is -2.37. The number of hydrogen-bond donors (Lipinski definition) is 2. The summed E-state index contributed by atoms with van der Waals surface area (Å²) < 4.78 is 0. The second kappa shape index (κ2) is 12.0. The monoisotopic (exact) mass is 528 g/mol. The van der Waals surface area contributed by atoms with Crippen LogP contribution in [0.25, 0.3) is 0 Å². The molecule has 0 saturated carbocycles. The van der Waals surface area contributed by atoms with Crippen molar-refractivity contribution in [1.29, 1.82) is 0 Å². The molecule has 158 valence electrons. The lowest BCUT2D eigenvalue weighted by atomic mass is 10.3. The van der Waals surface area contributed by atoms with E-state index in [4.69, 9.17) is 0 Å². The van der Waals surface area contributed by atoms with E-state index in [1.165, 1.54) is 5.00 Å². The first-order valence-electron chi connectivity index (χ1n) is 9.70. The molecule has 0 unspecified atom stereocenters. The summed E-state index contributed by atoms with van der Waals surface area (Å²) in [6, 6.07) is 8.00. The number of carbonyl (C=O) groups excluding carboxylic acids is 1. The SMILES string of the molecule is CCNC(=NCCC(=O)Nc1ccc(C)cn1)N1CCN(c2cccs2)CC1.I. The van der Waals surface area contributed by atoms with Crippen molar-refractivity contribution in [3.05, 3.63) is 41.4 Å². The topological polar surface area (TPSA) is 72.9 Å². The van der Waals surface area contributed by atoms with Gasteiger partial charge in [-0.2, -0.15) is 0 Å². The number of pyridine rings is 1. The molecule has 0 aliphatic carbocycles. The predicted octanol–water partition coefficient (Wildman–Crippen LogP) is 3.19. The first-order valence-corrected chi connectivity index (χ1v) is 10.6. The Labute approximate surface area is 193 Å². The summed E-state index contributed by atoms with van der Waals surface area (Å²) >= 11 is 1.78. The summed E-state index contributed by atoms with van der Waals surface area (Å²) in [4.78, 5) is 25.7. The summed E-state index contributed by atoms with van der Waals surface area (Å²) in [6.45, 7) is 9.08. The minimum absolute atomic E-state index is 0. The fourth-order valence-corrected chi connectivity index (χ4v) is 3.81. The summed E-state index contributed by atoms with van der Waals surface area (Å²) in [5.41, 5.74) is 1.07. The average Bonchev–Trinajstić information content (AvgIpc) is 3.24. The highest BCUT2D eigenvalue weighted by Crippen LogP contribution is 2.22. The number of thiophene rings is 1. The Kier molecular flexibility index (Phi) is 9.65. The van der Waals surface area contributed by atoms with Crippen molar-refractivity contribution in [3.8, 4) is 0 Å². The highest BCUT2D eigenvalue weighted by molar-refractivity contribution is 14.0. The number of nitrogens with one attached hydrogen (secondary N) is 2. The van der Waals surface area contributed by atoms with E-state index in [0.29, 0.717) is 18.8 Å². The molecule has 1 fully saturated rings. The van der Waals surface area contributed by atoms with Gasteiger partial charge in [-0.05, 0) is 43.0 Å². The maximum Gasteiger partial charge on any atom is 0.227 e. The van der Waals surface area contributed by atoms with Crippen LogP contribution in [0.1, 0.15) is 18.9 Å². The van der Waals surface area contributed by atoms with Gasteiger partial charge in [-0.25, -0.2) is 4.98 Å². The molecule has 0 spiro atoms. The summed E-state index contributed by atoms with van der Waals surface area (Å²) in [5.74, 6) is 1.39. The number of hydrogen-bond acceptors (Lipinski definition) is 5. The molecule has 29 heavy (non-hydrogen) atoms. The molecule has 0 bridgehead atoms. The van der Waals surface area contributed by atoms with Crippen LogP contribution in [0.15, 0.2) is 40.8 Å². The lowest BCUT2D eigenvalue weighted by Crippen LogP contribution is -2.52. The zero-order valence-corrected chi connectivity index (χ0v) is 20.1. The quantitative estimate of drug-likeness (QED) is 0.343. The third-order valence-corrected chi connectivity index (χ3v) is 5.44. The van der Waals surface area contributed by atoms with Gasteiger partial charge in [0.25, 0.3) is 0 Å². The number of aryl methyl sites for hydroxylation is 1. The number of amides is 1. The van der Waals surface area contributed by atoms with Crippen molar-refractivity contribution in [2.45, 2.75) is 20.3 Å². The van der Waals surface area contributed by atoms with Crippen LogP contribution in [-0.2, 0) is 4.79 Å². The number of anilines is 2. The second-order valence-electron chi connectivity index (χ2n) is 6.68. The van der Waals surface area contributed by atoms with Gasteiger partial charge < -0.3 is 20.4 Å². The number of aromatic nitrogens is 1. The van der Waals surface area contributed by atoms with Gasteiger partial charge in [0, 0.05) is 45.3 Å². The van der Waals surface area contributed by atoms with E-state index in [9.17, 15) is 4.79 Å². The second-order valence-corrected chi connectivity index (χ2v) is 7.61. The van der Waals surface area contributed by atoms with E-state index in [1.54, 1.807) is 17.5 Å². The van der Waals surface area contributed by atoms with E-state index in [-0.39, 0.29) is 29.9 Å². The number of nitrogens with zero attached hydrogens (tertiary/aromatic N) is 4. The smallest absolute Gasteiger partial charge is 0.227 e. The van der Waals surface area contributed by atoms with E-state index in [2.05, 4.69) is 54.8 Å². The van der Waals surface area contributed by atoms with Gasteiger partial charge in [-0.1, -0.05) is 6.07 Å². The Morgan fingerprint density at radius 2 is 2.03 bits per heavy atom.